The third-order valence-electron chi connectivity index (χ3n) is 8.12. The molecule has 44 heavy (non-hydrogen) atoms. The first-order valence-electron chi connectivity index (χ1n) is 14.2. The number of phenols is 7. The molecule has 0 amide bonds. The number of methoxy groups -OCH3 is 2. The van der Waals surface area contributed by atoms with Crippen LogP contribution in [0.5, 0.6) is 51.7 Å². The Morgan fingerprint density at radius 3 is 1.07 bits per heavy atom. The van der Waals surface area contributed by atoms with Crippen LogP contribution in [0.2, 0.25) is 0 Å². The molecule has 0 aliphatic carbocycles. The van der Waals surface area contributed by atoms with E-state index in [2.05, 4.69) is 0 Å². The fourth-order valence-corrected chi connectivity index (χ4v) is 5.66. The van der Waals surface area contributed by atoms with Crippen molar-refractivity contribution >= 4 is 12.6 Å². The molecule has 0 unspecified atom stereocenters. The van der Waals surface area contributed by atoms with Gasteiger partial charge in [0.15, 0.2) is 0 Å². The highest BCUT2D eigenvalue weighted by molar-refractivity contribution is 5.69. The molecule has 0 atom stereocenters. The molecule has 0 radical (unpaired) electrons. The smallest absolute Gasteiger partial charge is 0.132 e. The maximum atomic E-state index is 11.4. The van der Waals surface area contributed by atoms with Crippen LogP contribution in [0.25, 0.3) is 0 Å². The van der Waals surface area contributed by atoms with E-state index in [0.29, 0.717) is 35.1 Å². The molecule has 11 heteroatoms. The maximum Gasteiger partial charge on any atom is 0.132 e. The minimum absolute atomic E-state index is 0.0151. The summed E-state index contributed by atoms with van der Waals surface area (Å²) < 4.78 is 10.8. The van der Waals surface area contributed by atoms with Crippen molar-refractivity contribution in [3.05, 3.63) is 50.1 Å². The van der Waals surface area contributed by atoms with Crippen LogP contribution in [0.4, 0.5) is 0 Å². The topological polar surface area (TPSA) is 194 Å². The van der Waals surface area contributed by atoms with Gasteiger partial charge in [0.25, 0.3) is 0 Å². The van der Waals surface area contributed by atoms with Gasteiger partial charge in [0.1, 0.15) is 64.3 Å². The van der Waals surface area contributed by atoms with Crippen LogP contribution < -0.4 is 9.47 Å². The molecule has 0 aromatic heterocycles. The summed E-state index contributed by atoms with van der Waals surface area (Å²) >= 11 is 0. The van der Waals surface area contributed by atoms with Crippen molar-refractivity contribution in [3.8, 4) is 51.7 Å². The Kier molecular flexibility index (Phi) is 10.8. The molecule has 0 spiro atoms. The molecule has 0 fully saturated rings. The second kappa shape index (κ2) is 14.1. The van der Waals surface area contributed by atoms with Crippen LogP contribution in [0.15, 0.2) is 0 Å². The Morgan fingerprint density at radius 1 is 0.477 bits per heavy atom. The third-order valence-corrected chi connectivity index (χ3v) is 8.12. The number of benzene rings is 3. The predicted octanol–water partition coefficient (Wildman–Crippen LogP) is 4.79. The lowest BCUT2D eigenvalue weighted by Gasteiger charge is -2.22. The number of rotatable bonds is 14. The molecule has 3 rings (SSSR count). The van der Waals surface area contributed by atoms with Crippen LogP contribution >= 0.6 is 0 Å². The number of hydrogen-bond acceptors (Lipinski definition) is 11. The van der Waals surface area contributed by atoms with Crippen LogP contribution in [0, 0.1) is 20.8 Å². The Balaban J connectivity index is 2.21. The highest BCUT2D eigenvalue weighted by Gasteiger charge is 2.29. The fourth-order valence-electron chi connectivity index (χ4n) is 5.66. The van der Waals surface area contributed by atoms with Gasteiger partial charge in [-0.2, -0.15) is 0 Å². The quantitative estimate of drug-likeness (QED) is 0.0977. The summed E-state index contributed by atoms with van der Waals surface area (Å²) in [5.41, 5.74) is 1.01. The summed E-state index contributed by atoms with van der Waals surface area (Å²) in [5, 5.41) is 77.9. The van der Waals surface area contributed by atoms with Crippen LogP contribution in [-0.4, -0.2) is 62.5 Å². The molecule has 7 N–H and O–H groups in total. The maximum absolute atomic E-state index is 11.4. The van der Waals surface area contributed by atoms with Crippen molar-refractivity contribution in [1.82, 2.24) is 0 Å². The van der Waals surface area contributed by atoms with Crippen molar-refractivity contribution in [2.24, 2.45) is 0 Å². The number of carbonyl (C=O) groups is 2. The lowest BCUT2D eigenvalue weighted by atomic mass is 9.88. The second-order valence-corrected chi connectivity index (χ2v) is 10.7. The van der Waals surface area contributed by atoms with Crippen molar-refractivity contribution in [3.63, 3.8) is 0 Å². The molecule has 0 saturated heterocycles. The van der Waals surface area contributed by atoms with Crippen LogP contribution in [0.3, 0.4) is 0 Å². The van der Waals surface area contributed by atoms with Gasteiger partial charge in [0, 0.05) is 75.8 Å². The third kappa shape index (κ3) is 6.13. The molecular formula is C33H40O11. The van der Waals surface area contributed by atoms with Gasteiger partial charge < -0.3 is 54.8 Å². The van der Waals surface area contributed by atoms with E-state index in [-0.39, 0.29) is 101 Å². The molecule has 0 heterocycles. The number of phenolic OH excluding ortho intramolecular Hbond substituents is 7. The average molecular weight is 613 g/mol. The largest absolute Gasteiger partial charge is 0.507 e. The van der Waals surface area contributed by atoms with E-state index >= 15 is 0 Å². The number of hydrogen-bond donors (Lipinski definition) is 7. The monoisotopic (exact) mass is 612 g/mol. The average Bonchev–Trinajstić information content (AvgIpc) is 3.00. The number of ether oxygens (including phenoxy) is 2. The van der Waals surface area contributed by atoms with E-state index in [1.54, 1.807) is 13.8 Å². The summed E-state index contributed by atoms with van der Waals surface area (Å²) in [6, 6.07) is 0. The zero-order valence-electron chi connectivity index (χ0n) is 25.6. The fraction of sp³-hybridized carbons (Fsp3) is 0.394. The van der Waals surface area contributed by atoms with Gasteiger partial charge in [-0.1, -0.05) is 0 Å². The summed E-state index contributed by atoms with van der Waals surface area (Å²) in [4.78, 5) is 21.7. The number of aldehydes is 2. The van der Waals surface area contributed by atoms with Gasteiger partial charge in [-0.3, -0.25) is 0 Å². The van der Waals surface area contributed by atoms with E-state index in [9.17, 15) is 45.3 Å². The van der Waals surface area contributed by atoms with Crippen LogP contribution in [-0.2, 0) is 35.3 Å². The van der Waals surface area contributed by atoms with Crippen LogP contribution in [0.1, 0.15) is 75.8 Å². The molecule has 0 bridgehead atoms. The van der Waals surface area contributed by atoms with Crippen molar-refractivity contribution in [1.29, 1.82) is 0 Å². The van der Waals surface area contributed by atoms with Gasteiger partial charge in [-0.25, -0.2) is 0 Å². The van der Waals surface area contributed by atoms with Gasteiger partial charge in [0.05, 0.1) is 14.2 Å². The van der Waals surface area contributed by atoms with Crippen molar-refractivity contribution < 1.29 is 54.8 Å². The second-order valence-electron chi connectivity index (χ2n) is 10.7. The molecule has 238 valence electrons. The predicted molar refractivity (Wildman–Crippen MR) is 162 cm³/mol. The zero-order chi connectivity index (χ0) is 32.9. The lowest BCUT2D eigenvalue weighted by molar-refractivity contribution is -0.108. The Bertz CT molecular complexity index is 1460. The molecule has 0 aliphatic rings. The lowest BCUT2D eigenvalue weighted by Crippen LogP contribution is -2.05. The highest BCUT2D eigenvalue weighted by atomic mass is 16.5. The van der Waals surface area contributed by atoms with E-state index < -0.39 is 17.2 Å². The minimum atomic E-state index is -0.574. The normalized spacial score (nSPS) is 11.0. The minimum Gasteiger partial charge on any atom is -0.507 e. The van der Waals surface area contributed by atoms with Gasteiger partial charge in [-0.15, -0.1) is 0 Å². The first-order valence-corrected chi connectivity index (χ1v) is 14.2. The first kappa shape index (κ1) is 33.7. The van der Waals surface area contributed by atoms with E-state index in [0.717, 1.165) is 12.6 Å². The number of unbranched alkanes of at least 4 members (excludes halogenated alkanes) is 2. The van der Waals surface area contributed by atoms with E-state index in [4.69, 9.17) is 9.47 Å². The Morgan fingerprint density at radius 2 is 0.773 bits per heavy atom. The van der Waals surface area contributed by atoms with E-state index in [1.807, 2.05) is 0 Å². The van der Waals surface area contributed by atoms with Gasteiger partial charge in [-0.05, 0) is 46.5 Å². The molecule has 0 saturated carbocycles. The molecule has 11 nitrogen and oxygen atoms in total. The highest BCUT2D eigenvalue weighted by Crippen LogP contribution is 2.50. The summed E-state index contributed by atoms with van der Waals surface area (Å²) in [7, 11) is 2.77. The van der Waals surface area contributed by atoms with Gasteiger partial charge >= 0.3 is 0 Å². The number of carbonyl (C=O) groups excluding carboxylic acids is 2. The van der Waals surface area contributed by atoms with Gasteiger partial charge in [0.2, 0.25) is 0 Å². The van der Waals surface area contributed by atoms with Crippen molar-refractivity contribution in [2.45, 2.75) is 72.1 Å². The Labute approximate surface area is 255 Å². The summed E-state index contributed by atoms with van der Waals surface area (Å²) in [5.74, 6) is -2.36. The molecule has 3 aromatic rings. The zero-order valence-corrected chi connectivity index (χ0v) is 25.6. The standard InChI is InChI=1S/C33H40O11/c1-16-25(36)21(14-23-27(38)17(2)32(43-4)19(29(23)40)10-6-8-12-34)31(42)22(26(16)37)15-24-28(39)18(3)33(44-5)20(30(24)41)11-7-9-13-35/h12-13,36-42H,6-11,14-15H2,1-5H3. The molecule has 3 aromatic carbocycles. The van der Waals surface area contributed by atoms with E-state index in [1.165, 1.54) is 21.1 Å². The summed E-state index contributed by atoms with van der Waals surface area (Å²) in [6.07, 6.45) is 2.56. The first-order chi connectivity index (χ1) is 20.9. The molecular weight excluding hydrogens is 572 g/mol. The van der Waals surface area contributed by atoms with Crippen molar-refractivity contribution in [2.75, 3.05) is 14.2 Å². The molecule has 0 aliphatic heterocycles. The summed E-state index contributed by atoms with van der Waals surface area (Å²) in [6.45, 7) is 4.57. The number of aromatic hydroxyl groups is 7. The Hall–Kier alpha value is -4.80. The SMILES string of the molecule is COc1c(C)c(O)c(Cc2c(O)c(C)c(O)c(Cc3c(O)c(C)c(OC)c(CCCC=O)c3O)c2O)c(O)c1CCCC=O.